The minimum Gasteiger partial charge on any atom is -0.472 e. The summed E-state index contributed by atoms with van der Waals surface area (Å²) in [6.07, 6.45) is 8.11. The Labute approximate surface area is 203 Å². The summed E-state index contributed by atoms with van der Waals surface area (Å²) in [5.74, 6) is 2.41. The minimum atomic E-state index is 0.700. The molecule has 0 radical (unpaired) electrons. The highest BCUT2D eigenvalue weighted by Crippen LogP contribution is 2.40. The molecule has 3 aromatic heterocycles. The van der Waals surface area contributed by atoms with E-state index in [0.29, 0.717) is 5.82 Å². The third-order valence-electron chi connectivity index (χ3n) is 6.48. The van der Waals surface area contributed by atoms with Gasteiger partial charge in [-0.25, -0.2) is 9.97 Å². The Morgan fingerprint density at radius 1 is 0.941 bits per heavy atom. The second-order valence-electron chi connectivity index (χ2n) is 9.11. The van der Waals surface area contributed by atoms with Crippen molar-refractivity contribution in [3.05, 3.63) is 89.2 Å². The summed E-state index contributed by atoms with van der Waals surface area (Å²) in [6, 6.07) is 22.2. The maximum absolute atomic E-state index is 5.23. The van der Waals surface area contributed by atoms with Crippen molar-refractivity contribution in [2.45, 2.75) is 38.5 Å². The fourth-order valence-corrected chi connectivity index (χ4v) is 5.30. The van der Waals surface area contributed by atoms with Crippen molar-refractivity contribution in [1.82, 2.24) is 9.97 Å². The Hall–Kier alpha value is -3.44. The van der Waals surface area contributed by atoms with Gasteiger partial charge in [-0.05, 0) is 72.9 Å². The second-order valence-corrected chi connectivity index (χ2v) is 10.3. The van der Waals surface area contributed by atoms with Gasteiger partial charge in [0.25, 0.3) is 0 Å². The summed E-state index contributed by atoms with van der Waals surface area (Å²) in [5.41, 5.74) is 6.33. The first kappa shape index (κ1) is 21.1. The number of anilines is 1. The van der Waals surface area contributed by atoms with Gasteiger partial charge < -0.3 is 9.73 Å². The number of furan rings is 1. The number of nitrogens with one attached hydrogen (secondary N) is 1. The summed E-state index contributed by atoms with van der Waals surface area (Å²) >= 11 is 1.70. The zero-order valence-electron chi connectivity index (χ0n) is 19.3. The predicted octanol–water partition coefficient (Wildman–Crippen LogP) is 7.85. The molecule has 0 aliphatic heterocycles. The molecule has 0 saturated heterocycles. The number of benzene rings is 2. The van der Waals surface area contributed by atoms with E-state index < -0.39 is 0 Å². The van der Waals surface area contributed by atoms with E-state index in [4.69, 9.17) is 14.4 Å². The minimum absolute atomic E-state index is 0.700. The highest BCUT2D eigenvalue weighted by molar-refractivity contribution is 7.18. The maximum Gasteiger partial charge on any atom is 0.166 e. The Balaban J connectivity index is 1.09. The molecule has 2 aromatic carbocycles. The first-order valence-corrected chi connectivity index (χ1v) is 12.8. The molecule has 1 aliphatic rings. The molecule has 0 amide bonds. The average Bonchev–Trinajstić information content (AvgIpc) is 3.42. The third-order valence-corrected chi connectivity index (χ3v) is 7.42. The zero-order chi connectivity index (χ0) is 22.9. The van der Waals surface area contributed by atoms with Gasteiger partial charge in [0.15, 0.2) is 5.82 Å². The van der Waals surface area contributed by atoms with Crippen LogP contribution in [-0.2, 0) is 6.42 Å². The van der Waals surface area contributed by atoms with Gasteiger partial charge in [0.2, 0.25) is 0 Å². The van der Waals surface area contributed by atoms with Crippen LogP contribution in [0.25, 0.3) is 32.7 Å². The van der Waals surface area contributed by atoms with E-state index in [-0.39, 0.29) is 0 Å². The van der Waals surface area contributed by atoms with Crippen LogP contribution >= 0.6 is 11.3 Å². The summed E-state index contributed by atoms with van der Waals surface area (Å²) in [6.45, 7) is 2.97. The second kappa shape index (κ2) is 9.07. The van der Waals surface area contributed by atoms with E-state index in [1.165, 1.54) is 40.0 Å². The molecule has 0 spiro atoms. The zero-order valence-corrected chi connectivity index (χ0v) is 20.1. The van der Waals surface area contributed by atoms with Crippen LogP contribution in [0.2, 0.25) is 0 Å². The van der Waals surface area contributed by atoms with Crippen molar-refractivity contribution in [2.75, 3.05) is 11.9 Å². The van der Waals surface area contributed by atoms with E-state index in [1.54, 1.807) is 23.9 Å². The van der Waals surface area contributed by atoms with Crippen LogP contribution in [0.5, 0.6) is 0 Å². The molecule has 1 aliphatic carbocycles. The highest BCUT2D eigenvalue weighted by Gasteiger charge is 2.22. The Morgan fingerprint density at radius 3 is 2.41 bits per heavy atom. The SMILES string of the molecule is Cc1cc2c(NCCCc3ccc(-c4ccc(C5CC5)cc4)cc3)nc(-c3ccoc3)nc2s1. The summed E-state index contributed by atoms with van der Waals surface area (Å²) < 4.78 is 5.23. The van der Waals surface area contributed by atoms with Crippen LogP contribution in [0.4, 0.5) is 5.82 Å². The van der Waals surface area contributed by atoms with Crippen molar-refractivity contribution >= 4 is 27.4 Å². The number of thiophene rings is 1. The number of hydrogen-bond acceptors (Lipinski definition) is 5. The number of aryl methyl sites for hydroxylation is 2. The van der Waals surface area contributed by atoms with E-state index in [9.17, 15) is 0 Å². The van der Waals surface area contributed by atoms with Crippen LogP contribution in [0.3, 0.4) is 0 Å². The Kier molecular flexibility index (Phi) is 5.63. The molecule has 5 aromatic rings. The molecule has 0 unspecified atom stereocenters. The van der Waals surface area contributed by atoms with E-state index in [0.717, 1.165) is 46.9 Å². The standard InChI is InChI=1S/C29H27N3OS/c1-19-17-26-28(31-27(32-29(26)34-19)25-14-16-33-18-25)30-15-2-3-20-4-6-21(7-5-20)22-8-10-23(11-9-22)24-12-13-24/h4-11,14,16-18,24H,2-3,12-13,15H2,1H3,(H,30,31,32). The van der Waals surface area contributed by atoms with Crippen molar-refractivity contribution in [3.63, 3.8) is 0 Å². The average molecular weight is 466 g/mol. The van der Waals surface area contributed by atoms with Crippen molar-refractivity contribution in [3.8, 4) is 22.5 Å². The van der Waals surface area contributed by atoms with Gasteiger partial charge in [-0.2, -0.15) is 0 Å². The van der Waals surface area contributed by atoms with Crippen LogP contribution in [0.15, 0.2) is 77.6 Å². The van der Waals surface area contributed by atoms with E-state index in [2.05, 4.69) is 66.8 Å². The van der Waals surface area contributed by atoms with Crippen LogP contribution < -0.4 is 5.32 Å². The number of rotatable bonds is 8. The van der Waals surface area contributed by atoms with E-state index in [1.807, 2.05) is 6.07 Å². The van der Waals surface area contributed by atoms with Gasteiger partial charge in [0.1, 0.15) is 16.9 Å². The molecule has 0 bridgehead atoms. The topological polar surface area (TPSA) is 51.0 Å². The maximum atomic E-state index is 5.23. The van der Waals surface area contributed by atoms with Gasteiger partial charge in [0.05, 0.1) is 17.2 Å². The lowest BCUT2D eigenvalue weighted by Crippen LogP contribution is -2.06. The molecular formula is C29H27N3OS. The van der Waals surface area contributed by atoms with Gasteiger partial charge in [0, 0.05) is 11.4 Å². The van der Waals surface area contributed by atoms with Crippen LogP contribution in [-0.4, -0.2) is 16.5 Å². The lowest BCUT2D eigenvalue weighted by molar-refractivity contribution is 0.568. The molecule has 5 heteroatoms. The van der Waals surface area contributed by atoms with Gasteiger partial charge in [-0.1, -0.05) is 48.5 Å². The van der Waals surface area contributed by atoms with Crippen molar-refractivity contribution in [1.29, 1.82) is 0 Å². The largest absolute Gasteiger partial charge is 0.472 e. The molecule has 0 atom stereocenters. The summed E-state index contributed by atoms with van der Waals surface area (Å²) in [5, 5.41) is 4.64. The molecule has 6 rings (SSSR count). The lowest BCUT2D eigenvalue weighted by Gasteiger charge is -2.09. The first-order chi connectivity index (χ1) is 16.7. The van der Waals surface area contributed by atoms with Crippen LogP contribution in [0, 0.1) is 6.92 Å². The van der Waals surface area contributed by atoms with Gasteiger partial charge in [-0.15, -0.1) is 11.3 Å². The number of hydrogen-bond donors (Lipinski definition) is 1. The molecule has 1 fully saturated rings. The third kappa shape index (κ3) is 4.48. The van der Waals surface area contributed by atoms with E-state index >= 15 is 0 Å². The first-order valence-electron chi connectivity index (χ1n) is 12.0. The normalized spacial score (nSPS) is 13.4. The summed E-state index contributed by atoms with van der Waals surface area (Å²) in [4.78, 5) is 11.8. The molecule has 1 saturated carbocycles. The smallest absolute Gasteiger partial charge is 0.166 e. The molecule has 34 heavy (non-hydrogen) atoms. The molecule has 3 heterocycles. The molecular weight excluding hydrogens is 438 g/mol. The Morgan fingerprint density at radius 2 is 1.71 bits per heavy atom. The highest BCUT2D eigenvalue weighted by atomic mass is 32.1. The summed E-state index contributed by atoms with van der Waals surface area (Å²) in [7, 11) is 0. The fourth-order valence-electron chi connectivity index (χ4n) is 4.43. The molecule has 4 nitrogen and oxygen atoms in total. The molecule has 1 N–H and O–H groups in total. The monoisotopic (exact) mass is 465 g/mol. The quantitative estimate of drug-likeness (QED) is 0.237. The number of nitrogens with zero attached hydrogens (tertiary/aromatic N) is 2. The number of aromatic nitrogens is 2. The van der Waals surface area contributed by atoms with Crippen molar-refractivity contribution in [2.24, 2.45) is 0 Å². The van der Waals surface area contributed by atoms with Gasteiger partial charge in [-0.3, -0.25) is 0 Å². The van der Waals surface area contributed by atoms with Crippen LogP contribution in [0.1, 0.15) is 41.2 Å². The predicted molar refractivity (Wildman–Crippen MR) is 141 cm³/mol. The Bertz CT molecular complexity index is 1400. The van der Waals surface area contributed by atoms with Gasteiger partial charge >= 0.3 is 0 Å². The molecule has 170 valence electrons. The lowest BCUT2D eigenvalue weighted by atomic mass is 10.00. The fraction of sp³-hybridized carbons (Fsp3) is 0.241. The van der Waals surface area contributed by atoms with Crippen molar-refractivity contribution < 1.29 is 4.42 Å². The number of fused-ring (bicyclic) bond motifs is 1.